The highest BCUT2D eigenvalue weighted by Crippen LogP contribution is 2.35. The number of hydrogen-bond donors (Lipinski definition) is 1. The Hall–Kier alpha value is -4.52. The summed E-state index contributed by atoms with van der Waals surface area (Å²) in [6, 6.07) is 20.0. The van der Waals surface area contributed by atoms with Crippen LogP contribution in [0.4, 0.5) is 5.95 Å². The van der Waals surface area contributed by atoms with Crippen molar-refractivity contribution in [2.24, 2.45) is 0 Å². The molecule has 3 aromatic carbocycles. The van der Waals surface area contributed by atoms with E-state index < -0.39 is 15.9 Å². The number of amides is 2. The molecule has 0 aliphatic carbocycles. The lowest BCUT2D eigenvalue weighted by Gasteiger charge is -2.26. The fraction of sp³-hybridized carbons (Fsp3) is 0.351. The van der Waals surface area contributed by atoms with E-state index in [9.17, 15) is 18.0 Å². The lowest BCUT2D eigenvalue weighted by molar-refractivity contribution is -0.137. The van der Waals surface area contributed by atoms with Crippen molar-refractivity contribution in [2.75, 3.05) is 44.4 Å². The van der Waals surface area contributed by atoms with Gasteiger partial charge in [-0.1, -0.05) is 48.0 Å². The van der Waals surface area contributed by atoms with Crippen molar-refractivity contribution >= 4 is 39.4 Å². The highest BCUT2D eigenvalue weighted by Gasteiger charge is 2.30. The second-order valence-corrected chi connectivity index (χ2v) is 14.6. The number of anilines is 1. The molecule has 262 valence electrons. The van der Waals surface area contributed by atoms with Gasteiger partial charge < -0.3 is 19.3 Å². The number of aryl methyl sites for hydroxylation is 4. The van der Waals surface area contributed by atoms with Crippen LogP contribution in [-0.2, 0) is 32.4 Å². The predicted molar refractivity (Wildman–Crippen MR) is 190 cm³/mol. The Kier molecular flexibility index (Phi) is 11.0. The van der Waals surface area contributed by atoms with E-state index in [-0.39, 0.29) is 29.0 Å². The SMILES string of the molecule is Cc1ccccc1CCc1nc(N2CCCC2c2ccc(Cl)cc2)ncc1C(=O)NS(=O)(=O)c1ccc(OCC(=O)N2CCOCC2)c(C)c1. The lowest BCUT2D eigenvalue weighted by Crippen LogP contribution is -2.43. The zero-order valence-corrected chi connectivity index (χ0v) is 29.7. The van der Waals surface area contributed by atoms with E-state index in [0.29, 0.717) is 67.1 Å². The number of morpholine rings is 1. The van der Waals surface area contributed by atoms with Crippen molar-refractivity contribution in [3.63, 3.8) is 0 Å². The molecule has 1 aromatic heterocycles. The number of nitrogens with one attached hydrogen (secondary N) is 1. The van der Waals surface area contributed by atoms with Gasteiger partial charge >= 0.3 is 0 Å². The van der Waals surface area contributed by atoms with Crippen molar-refractivity contribution in [3.05, 3.63) is 111 Å². The molecule has 2 amide bonds. The van der Waals surface area contributed by atoms with Gasteiger partial charge in [0.2, 0.25) is 5.95 Å². The number of sulfonamides is 1. The molecular weight excluding hydrogens is 678 g/mol. The van der Waals surface area contributed by atoms with Crippen molar-refractivity contribution in [1.29, 1.82) is 0 Å². The quantitative estimate of drug-likeness (QED) is 0.222. The van der Waals surface area contributed by atoms with Crippen LogP contribution in [0, 0.1) is 13.8 Å². The van der Waals surface area contributed by atoms with Gasteiger partial charge in [0, 0.05) is 30.9 Å². The second-order valence-electron chi connectivity index (χ2n) is 12.5. The summed E-state index contributed by atoms with van der Waals surface area (Å²) < 4.78 is 40.2. The number of carbonyl (C=O) groups is 2. The van der Waals surface area contributed by atoms with E-state index in [1.807, 2.05) is 55.5 Å². The van der Waals surface area contributed by atoms with Gasteiger partial charge in [0.05, 0.1) is 35.4 Å². The minimum atomic E-state index is -4.28. The Balaban J connectivity index is 1.21. The van der Waals surface area contributed by atoms with Crippen LogP contribution < -0.4 is 14.4 Å². The van der Waals surface area contributed by atoms with Crippen LogP contribution in [0.15, 0.2) is 77.8 Å². The molecule has 3 heterocycles. The monoisotopic (exact) mass is 717 g/mol. The van der Waals surface area contributed by atoms with Crippen LogP contribution in [0.25, 0.3) is 0 Å². The molecule has 0 saturated carbocycles. The summed E-state index contributed by atoms with van der Waals surface area (Å²) >= 11 is 6.14. The normalized spacial score (nSPS) is 16.3. The number of aromatic nitrogens is 2. The van der Waals surface area contributed by atoms with E-state index in [4.69, 9.17) is 26.1 Å². The number of rotatable bonds is 11. The third-order valence-electron chi connectivity index (χ3n) is 9.16. The molecule has 2 fully saturated rings. The van der Waals surface area contributed by atoms with Gasteiger partial charge in [-0.2, -0.15) is 0 Å². The summed E-state index contributed by atoms with van der Waals surface area (Å²) in [5.41, 5.74) is 4.37. The number of hydrogen-bond acceptors (Lipinski definition) is 9. The average Bonchev–Trinajstić information content (AvgIpc) is 3.61. The van der Waals surface area contributed by atoms with Gasteiger partial charge in [-0.25, -0.2) is 23.1 Å². The predicted octanol–water partition coefficient (Wildman–Crippen LogP) is 5.23. The van der Waals surface area contributed by atoms with Crippen LogP contribution in [-0.4, -0.2) is 74.6 Å². The minimum absolute atomic E-state index is 0.0456. The van der Waals surface area contributed by atoms with E-state index in [0.717, 1.165) is 36.1 Å². The summed E-state index contributed by atoms with van der Waals surface area (Å²) in [7, 11) is -4.28. The standard InChI is InChI=1S/C37H40ClN5O6S/c1-25-6-3-4-7-27(25)11-15-32-31(23-39-37(40-32)43-17-5-8-33(43)28-9-12-29(38)13-10-28)36(45)41-50(46,47)30-14-16-34(26(2)22-30)49-24-35(44)42-18-20-48-21-19-42/h3-4,6-7,9-10,12-14,16,22-23,33H,5,8,11,15,17-21,24H2,1-2H3,(H,41,45). The van der Waals surface area contributed by atoms with Gasteiger partial charge in [0.25, 0.3) is 21.8 Å². The van der Waals surface area contributed by atoms with Crippen molar-refractivity contribution in [3.8, 4) is 5.75 Å². The maximum atomic E-state index is 13.7. The summed E-state index contributed by atoms with van der Waals surface area (Å²) in [6.07, 6.45) is 4.29. The molecule has 1 unspecified atom stereocenters. The number of carbonyl (C=O) groups excluding carboxylic acids is 2. The highest BCUT2D eigenvalue weighted by molar-refractivity contribution is 7.90. The topological polar surface area (TPSA) is 131 Å². The minimum Gasteiger partial charge on any atom is -0.483 e. The van der Waals surface area contributed by atoms with Crippen molar-refractivity contribution < 1.29 is 27.5 Å². The number of halogens is 1. The number of benzene rings is 3. The smallest absolute Gasteiger partial charge is 0.268 e. The fourth-order valence-corrected chi connectivity index (χ4v) is 7.51. The molecule has 1 atom stereocenters. The van der Waals surface area contributed by atoms with Gasteiger partial charge in [0.1, 0.15) is 5.75 Å². The zero-order chi connectivity index (χ0) is 35.3. The second kappa shape index (κ2) is 15.6. The molecule has 2 saturated heterocycles. The molecule has 0 radical (unpaired) electrons. The fourth-order valence-electron chi connectivity index (χ4n) is 6.34. The summed E-state index contributed by atoms with van der Waals surface area (Å²) in [4.78, 5) is 39.4. The van der Waals surface area contributed by atoms with Crippen LogP contribution in [0.1, 0.15) is 57.2 Å². The summed E-state index contributed by atoms with van der Waals surface area (Å²) in [5, 5.41) is 0.661. The summed E-state index contributed by atoms with van der Waals surface area (Å²) in [6.45, 7) is 6.24. The third kappa shape index (κ3) is 8.26. The highest BCUT2D eigenvalue weighted by atomic mass is 35.5. The maximum absolute atomic E-state index is 13.7. The zero-order valence-electron chi connectivity index (χ0n) is 28.1. The van der Waals surface area contributed by atoms with Gasteiger partial charge in [0.15, 0.2) is 6.61 Å². The van der Waals surface area contributed by atoms with E-state index in [1.165, 1.54) is 24.4 Å². The molecule has 0 spiro atoms. The van der Waals surface area contributed by atoms with Crippen LogP contribution in [0.2, 0.25) is 5.02 Å². The van der Waals surface area contributed by atoms with Crippen LogP contribution in [0.3, 0.4) is 0 Å². The molecule has 1 N–H and O–H groups in total. The van der Waals surface area contributed by atoms with E-state index in [1.54, 1.807) is 11.8 Å². The van der Waals surface area contributed by atoms with E-state index in [2.05, 4.69) is 14.6 Å². The van der Waals surface area contributed by atoms with Crippen molar-refractivity contribution in [2.45, 2.75) is 50.5 Å². The molecule has 0 bridgehead atoms. The molecule has 50 heavy (non-hydrogen) atoms. The largest absolute Gasteiger partial charge is 0.483 e. The molecule has 13 heteroatoms. The molecule has 4 aromatic rings. The molecular formula is C37H40ClN5O6S. The molecule has 2 aliphatic heterocycles. The third-order valence-corrected chi connectivity index (χ3v) is 10.7. The van der Waals surface area contributed by atoms with Crippen LogP contribution >= 0.6 is 11.6 Å². The van der Waals surface area contributed by atoms with E-state index >= 15 is 0 Å². The first-order valence-electron chi connectivity index (χ1n) is 16.7. The maximum Gasteiger partial charge on any atom is 0.268 e. The Bertz CT molecular complexity index is 1970. The first kappa shape index (κ1) is 35.3. The Morgan fingerprint density at radius 3 is 2.48 bits per heavy atom. The Morgan fingerprint density at radius 1 is 0.980 bits per heavy atom. The lowest BCUT2D eigenvalue weighted by atomic mass is 10.0. The van der Waals surface area contributed by atoms with Crippen molar-refractivity contribution in [1.82, 2.24) is 19.6 Å². The van der Waals surface area contributed by atoms with Gasteiger partial charge in [-0.3, -0.25) is 9.59 Å². The average molecular weight is 718 g/mol. The number of nitrogens with zero attached hydrogens (tertiary/aromatic N) is 4. The first-order chi connectivity index (χ1) is 24.1. The van der Waals surface area contributed by atoms with Crippen LogP contribution in [0.5, 0.6) is 5.75 Å². The number of ether oxygens (including phenoxy) is 2. The van der Waals surface area contributed by atoms with Gasteiger partial charge in [-0.05, 0) is 92.1 Å². The molecule has 2 aliphatic rings. The summed E-state index contributed by atoms with van der Waals surface area (Å²) in [5.74, 6) is -0.132. The van der Waals surface area contributed by atoms with Gasteiger partial charge in [-0.15, -0.1) is 0 Å². The molecule has 11 nitrogen and oxygen atoms in total. The Morgan fingerprint density at radius 2 is 1.74 bits per heavy atom. The first-order valence-corrected chi connectivity index (χ1v) is 18.5. The molecule has 6 rings (SSSR count). The Labute approximate surface area is 297 Å².